The number of amides is 1. The van der Waals surface area contributed by atoms with Gasteiger partial charge in [-0.2, -0.15) is 0 Å². The fraction of sp³-hybridized carbons (Fsp3) is 0.300. The topological polar surface area (TPSA) is 81.8 Å². The number of anilines is 1. The molecule has 2 aromatic heterocycles. The second-order valence-electron chi connectivity index (χ2n) is 6.96. The van der Waals surface area contributed by atoms with Gasteiger partial charge in [-0.05, 0) is 53.0 Å². The molecule has 9 heteroatoms. The summed E-state index contributed by atoms with van der Waals surface area (Å²) in [4.78, 5) is 24.3. The number of fused-ring (bicyclic) bond motifs is 1. The van der Waals surface area contributed by atoms with Crippen molar-refractivity contribution in [2.24, 2.45) is 0 Å². The second kappa shape index (κ2) is 8.28. The summed E-state index contributed by atoms with van der Waals surface area (Å²) >= 11 is 3.28. The van der Waals surface area contributed by atoms with Crippen LogP contribution in [-0.2, 0) is 24.3 Å². The largest absolute Gasteiger partial charge is 0.325 e. The van der Waals surface area contributed by atoms with Crippen molar-refractivity contribution in [2.45, 2.75) is 38.8 Å². The first-order valence-corrected chi connectivity index (χ1v) is 10.2. The maximum absolute atomic E-state index is 14.5. The van der Waals surface area contributed by atoms with E-state index in [1.165, 1.54) is 22.8 Å². The smallest absolute Gasteiger partial charge is 0.251 e. The molecule has 1 aliphatic heterocycles. The van der Waals surface area contributed by atoms with E-state index in [1.54, 1.807) is 18.3 Å². The maximum Gasteiger partial charge on any atom is 0.251 e. The number of hydrogen-bond acceptors (Lipinski definition) is 4. The number of halogens is 2. The van der Waals surface area contributed by atoms with E-state index in [4.69, 9.17) is 0 Å². The quantitative estimate of drug-likeness (QED) is 0.648. The Balaban J connectivity index is 1.58. The Labute approximate surface area is 174 Å². The summed E-state index contributed by atoms with van der Waals surface area (Å²) in [7, 11) is 0. The minimum atomic E-state index is -0.425. The van der Waals surface area contributed by atoms with Crippen molar-refractivity contribution in [3.8, 4) is 11.4 Å². The molecule has 1 aromatic carbocycles. The van der Waals surface area contributed by atoms with Crippen molar-refractivity contribution < 1.29 is 9.18 Å². The van der Waals surface area contributed by atoms with Gasteiger partial charge >= 0.3 is 0 Å². The summed E-state index contributed by atoms with van der Waals surface area (Å²) in [5.41, 5.74) is 0.442. The summed E-state index contributed by atoms with van der Waals surface area (Å²) in [5.74, 6) is 0.521. The number of rotatable bonds is 4. The van der Waals surface area contributed by atoms with Gasteiger partial charge in [0, 0.05) is 35.4 Å². The molecule has 0 spiro atoms. The van der Waals surface area contributed by atoms with E-state index in [9.17, 15) is 14.0 Å². The lowest BCUT2D eigenvalue weighted by Gasteiger charge is -2.11. The minimum absolute atomic E-state index is 0.148. The molecule has 0 bridgehead atoms. The van der Waals surface area contributed by atoms with Crippen molar-refractivity contribution in [1.82, 2.24) is 19.3 Å². The minimum Gasteiger partial charge on any atom is -0.325 e. The molecule has 0 atom stereocenters. The molecule has 150 valence electrons. The van der Waals surface area contributed by atoms with Crippen LogP contribution in [0.25, 0.3) is 11.4 Å². The molecule has 0 unspecified atom stereocenters. The summed E-state index contributed by atoms with van der Waals surface area (Å²) in [5, 5.41) is 11.1. The molecule has 0 fully saturated rings. The fourth-order valence-corrected chi connectivity index (χ4v) is 3.82. The van der Waals surface area contributed by atoms with Gasteiger partial charge in [0.2, 0.25) is 5.91 Å². The first-order valence-electron chi connectivity index (χ1n) is 9.39. The van der Waals surface area contributed by atoms with Gasteiger partial charge in [-0.3, -0.25) is 9.59 Å². The molecule has 4 rings (SSSR count). The Bertz CT molecular complexity index is 1120. The zero-order chi connectivity index (χ0) is 20.4. The first-order chi connectivity index (χ1) is 14.0. The van der Waals surface area contributed by atoms with Crippen molar-refractivity contribution >= 4 is 27.5 Å². The van der Waals surface area contributed by atoms with E-state index >= 15 is 0 Å². The Morgan fingerprint density at radius 1 is 1.17 bits per heavy atom. The van der Waals surface area contributed by atoms with E-state index in [2.05, 4.69) is 31.4 Å². The number of aryl methyl sites for hydroxylation is 1. The highest BCUT2D eigenvalue weighted by Crippen LogP contribution is 2.27. The molecule has 1 N–H and O–H groups in total. The first kappa shape index (κ1) is 19.5. The molecule has 1 aliphatic rings. The molecule has 3 aromatic rings. The van der Waals surface area contributed by atoms with Crippen LogP contribution in [-0.4, -0.2) is 25.2 Å². The van der Waals surface area contributed by atoms with Gasteiger partial charge in [0.1, 0.15) is 18.2 Å². The number of nitrogens with one attached hydrogen (secondary N) is 1. The molecule has 0 radical (unpaired) electrons. The SMILES string of the molecule is O=C(Cn1cc(Br)ccc1=O)Nc1ccc(F)c(-c2nnc3n2CCCCC3)c1. The second-order valence-corrected chi connectivity index (χ2v) is 7.87. The lowest BCUT2D eigenvalue weighted by atomic mass is 10.1. The van der Waals surface area contributed by atoms with Crippen LogP contribution in [0, 0.1) is 5.82 Å². The van der Waals surface area contributed by atoms with Gasteiger partial charge in [-0.25, -0.2) is 4.39 Å². The van der Waals surface area contributed by atoms with E-state index in [-0.39, 0.29) is 18.0 Å². The fourth-order valence-electron chi connectivity index (χ4n) is 3.44. The average molecular weight is 460 g/mol. The number of carbonyl (C=O) groups excluding carboxylic acids is 1. The molecule has 0 aliphatic carbocycles. The third kappa shape index (κ3) is 4.29. The van der Waals surface area contributed by atoms with E-state index < -0.39 is 5.82 Å². The highest BCUT2D eigenvalue weighted by molar-refractivity contribution is 9.10. The highest BCUT2D eigenvalue weighted by Gasteiger charge is 2.19. The molecular weight excluding hydrogens is 441 g/mol. The van der Waals surface area contributed by atoms with Gasteiger partial charge in [0.25, 0.3) is 5.56 Å². The normalized spacial score (nSPS) is 13.6. The molecule has 7 nitrogen and oxygen atoms in total. The molecule has 1 amide bonds. The number of benzene rings is 1. The molecule has 0 saturated carbocycles. The monoisotopic (exact) mass is 459 g/mol. The lowest BCUT2D eigenvalue weighted by Crippen LogP contribution is -2.26. The molecule has 0 saturated heterocycles. The summed E-state index contributed by atoms with van der Waals surface area (Å²) in [6.45, 7) is 0.602. The zero-order valence-electron chi connectivity index (χ0n) is 15.6. The number of pyridine rings is 1. The van der Waals surface area contributed by atoms with Crippen molar-refractivity contribution in [3.63, 3.8) is 0 Å². The van der Waals surface area contributed by atoms with Crippen LogP contribution in [0.15, 0.2) is 45.8 Å². The highest BCUT2D eigenvalue weighted by atomic mass is 79.9. The van der Waals surface area contributed by atoms with Gasteiger partial charge in [-0.1, -0.05) is 6.42 Å². The number of nitrogens with zero attached hydrogens (tertiary/aromatic N) is 4. The lowest BCUT2D eigenvalue weighted by molar-refractivity contribution is -0.116. The van der Waals surface area contributed by atoms with Crippen molar-refractivity contribution in [3.05, 3.63) is 63.0 Å². The standard InChI is InChI=1S/C20H19BrFN5O2/c21-13-5-8-19(29)26(11-13)12-18(28)23-14-6-7-16(22)15(10-14)20-25-24-17-4-2-1-3-9-27(17)20/h5-8,10-11H,1-4,9,12H2,(H,23,28). The van der Waals surface area contributed by atoms with E-state index in [0.29, 0.717) is 21.5 Å². The van der Waals surface area contributed by atoms with Crippen LogP contribution in [0.4, 0.5) is 10.1 Å². The summed E-state index contributed by atoms with van der Waals surface area (Å²) < 4.78 is 18.5. The molecule has 29 heavy (non-hydrogen) atoms. The van der Waals surface area contributed by atoms with Gasteiger partial charge in [-0.15, -0.1) is 10.2 Å². The van der Waals surface area contributed by atoms with Crippen LogP contribution in [0.3, 0.4) is 0 Å². The van der Waals surface area contributed by atoms with Crippen molar-refractivity contribution in [1.29, 1.82) is 0 Å². The maximum atomic E-state index is 14.5. The third-order valence-electron chi connectivity index (χ3n) is 4.86. The number of aromatic nitrogens is 4. The Hall–Kier alpha value is -2.81. The van der Waals surface area contributed by atoms with Crippen LogP contribution in [0.5, 0.6) is 0 Å². The summed E-state index contributed by atoms with van der Waals surface area (Å²) in [6.07, 6.45) is 5.52. The van der Waals surface area contributed by atoms with E-state index in [1.807, 2.05) is 4.57 Å². The number of hydrogen-bond donors (Lipinski definition) is 1. The van der Waals surface area contributed by atoms with Gasteiger partial charge in [0.15, 0.2) is 5.82 Å². The van der Waals surface area contributed by atoms with Crippen LogP contribution in [0.1, 0.15) is 25.1 Å². The van der Waals surface area contributed by atoms with Crippen molar-refractivity contribution in [2.75, 3.05) is 5.32 Å². The summed E-state index contributed by atoms with van der Waals surface area (Å²) in [6, 6.07) is 7.34. The van der Waals surface area contributed by atoms with Crippen LogP contribution >= 0.6 is 15.9 Å². The molecular formula is C20H19BrFN5O2. The zero-order valence-corrected chi connectivity index (χ0v) is 17.2. The van der Waals surface area contributed by atoms with E-state index in [0.717, 1.165) is 38.1 Å². The average Bonchev–Trinajstić information content (AvgIpc) is 2.94. The van der Waals surface area contributed by atoms with Crippen LogP contribution < -0.4 is 10.9 Å². The predicted molar refractivity (Wildman–Crippen MR) is 110 cm³/mol. The molecule has 3 heterocycles. The Morgan fingerprint density at radius 2 is 2.03 bits per heavy atom. The predicted octanol–water partition coefficient (Wildman–Crippen LogP) is 3.37. The Morgan fingerprint density at radius 3 is 2.90 bits per heavy atom. The Kier molecular flexibility index (Phi) is 5.57. The third-order valence-corrected chi connectivity index (χ3v) is 5.33. The number of carbonyl (C=O) groups is 1. The van der Waals surface area contributed by atoms with Gasteiger partial charge < -0.3 is 14.5 Å². The van der Waals surface area contributed by atoms with Crippen LogP contribution in [0.2, 0.25) is 0 Å². The van der Waals surface area contributed by atoms with Gasteiger partial charge in [0.05, 0.1) is 5.56 Å².